The normalized spacial score (nSPS) is 10.7. The molecule has 0 spiro atoms. The van der Waals surface area contributed by atoms with Crippen LogP contribution in [0.4, 0.5) is 0 Å². The fraction of sp³-hybridized carbons (Fsp3) is 0.273. The average molecular weight is 188 g/mol. The molecule has 14 heavy (non-hydrogen) atoms. The number of aryl methyl sites for hydroxylation is 2. The van der Waals surface area contributed by atoms with Crippen LogP contribution in [-0.2, 0) is 6.54 Å². The van der Waals surface area contributed by atoms with Gasteiger partial charge in [-0.25, -0.2) is 4.98 Å². The maximum Gasteiger partial charge on any atom is 0.269 e. The minimum atomic E-state index is -0.0381. The third-order valence-electron chi connectivity index (χ3n) is 2.32. The molecule has 72 valence electrons. The lowest BCUT2D eigenvalue weighted by Crippen LogP contribution is -2.19. The maximum atomic E-state index is 11.4. The predicted molar refractivity (Wildman–Crippen MR) is 56.4 cm³/mol. The molecule has 0 aliphatic heterocycles. The van der Waals surface area contributed by atoms with Gasteiger partial charge in [-0.3, -0.25) is 4.79 Å². The summed E-state index contributed by atoms with van der Waals surface area (Å²) in [5.74, 6) is 0. The van der Waals surface area contributed by atoms with Gasteiger partial charge in [0.05, 0.1) is 17.2 Å². The second-order valence-corrected chi connectivity index (χ2v) is 3.33. The average Bonchev–Trinajstić information content (AvgIpc) is 2.18. The third-order valence-corrected chi connectivity index (χ3v) is 2.32. The van der Waals surface area contributed by atoms with Gasteiger partial charge < -0.3 is 4.57 Å². The molecule has 0 radical (unpaired) electrons. The molecule has 0 unspecified atom stereocenters. The zero-order chi connectivity index (χ0) is 10.1. The zero-order valence-corrected chi connectivity index (χ0v) is 8.32. The summed E-state index contributed by atoms with van der Waals surface area (Å²) in [5, 5.41) is 0. The lowest BCUT2D eigenvalue weighted by molar-refractivity contribution is 0.753. The molecule has 0 saturated carbocycles. The Balaban J connectivity index is 2.89. The highest BCUT2D eigenvalue weighted by molar-refractivity contribution is 5.75. The summed E-state index contributed by atoms with van der Waals surface area (Å²) < 4.78 is 1.72. The fourth-order valence-corrected chi connectivity index (χ4v) is 1.60. The number of nitrogens with zero attached hydrogens (tertiary/aromatic N) is 2. The van der Waals surface area contributed by atoms with Crippen molar-refractivity contribution in [3.05, 3.63) is 40.3 Å². The molecule has 0 fully saturated rings. The summed E-state index contributed by atoms with van der Waals surface area (Å²) in [5.41, 5.74) is 2.91. The van der Waals surface area contributed by atoms with Crippen LogP contribution in [-0.4, -0.2) is 9.55 Å². The second-order valence-electron chi connectivity index (χ2n) is 3.33. The van der Waals surface area contributed by atoms with Crippen molar-refractivity contribution in [3.8, 4) is 0 Å². The van der Waals surface area contributed by atoms with Crippen molar-refractivity contribution < 1.29 is 0 Å². The molecule has 0 aliphatic carbocycles. The summed E-state index contributed by atoms with van der Waals surface area (Å²) >= 11 is 0. The fourth-order valence-electron chi connectivity index (χ4n) is 1.60. The quantitative estimate of drug-likeness (QED) is 0.683. The van der Waals surface area contributed by atoms with Gasteiger partial charge in [-0.2, -0.15) is 0 Å². The number of aromatic nitrogens is 2. The van der Waals surface area contributed by atoms with Crippen LogP contribution in [0.2, 0.25) is 0 Å². The van der Waals surface area contributed by atoms with Gasteiger partial charge in [-0.15, -0.1) is 0 Å². The highest BCUT2D eigenvalue weighted by atomic mass is 16.1. The van der Waals surface area contributed by atoms with Gasteiger partial charge in [-0.1, -0.05) is 6.07 Å². The highest BCUT2D eigenvalue weighted by Gasteiger charge is 2.01. The first-order chi connectivity index (χ1) is 6.72. The Kier molecular flexibility index (Phi) is 2.08. The topological polar surface area (TPSA) is 34.9 Å². The molecule has 0 saturated heterocycles. The summed E-state index contributed by atoms with van der Waals surface area (Å²) in [6.07, 6.45) is 1.38. The Labute approximate surface area is 82.0 Å². The van der Waals surface area contributed by atoms with Crippen molar-refractivity contribution in [1.82, 2.24) is 9.55 Å². The van der Waals surface area contributed by atoms with Crippen molar-refractivity contribution in [2.75, 3.05) is 0 Å². The van der Waals surface area contributed by atoms with Crippen molar-refractivity contribution >= 4 is 11.0 Å². The number of fused-ring (bicyclic) bond motifs is 1. The van der Waals surface area contributed by atoms with E-state index in [0.717, 1.165) is 16.6 Å². The largest absolute Gasteiger partial charge is 0.306 e. The van der Waals surface area contributed by atoms with Crippen LogP contribution in [0.1, 0.15) is 12.5 Å². The summed E-state index contributed by atoms with van der Waals surface area (Å²) in [6, 6.07) is 5.93. The first kappa shape index (κ1) is 8.94. The Bertz CT molecular complexity index is 528. The van der Waals surface area contributed by atoms with Crippen molar-refractivity contribution in [3.63, 3.8) is 0 Å². The van der Waals surface area contributed by atoms with Crippen LogP contribution in [0, 0.1) is 6.92 Å². The molecule has 0 bridgehead atoms. The van der Waals surface area contributed by atoms with Crippen LogP contribution in [0.3, 0.4) is 0 Å². The van der Waals surface area contributed by atoms with E-state index in [4.69, 9.17) is 0 Å². The molecule has 0 aliphatic rings. The van der Waals surface area contributed by atoms with Crippen LogP contribution in [0.25, 0.3) is 11.0 Å². The Morgan fingerprint density at radius 2 is 2.21 bits per heavy atom. The molecule has 0 N–H and O–H groups in total. The van der Waals surface area contributed by atoms with Gasteiger partial charge in [0.1, 0.15) is 0 Å². The first-order valence-corrected chi connectivity index (χ1v) is 4.68. The van der Waals surface area contributed by atoms with Gasteiger partial charge in [0.15, 0.2) is 0 Å². The minimum absolute atomic E-state index is 0.0381. The van der Waals surface area contributed by atoms with E-state index in [9.17, 15) is 4.79 Å². The van der Waals surface area contributed by atoms with E-state index in [1.165, 1.54) is 6.20 Å². The number of benzene rings is 1. The zero-order valence-electron chi connectivity index (χ0n) is 8.32. The lowest BCUT2D eigenvalue weighted by Gasteiger charge is -2.06. The van der Waals surface area contributed by atoms with E-state index in [2.05, 4.69) is 4.98 Å². The lowest BCUT2D eigenvalue weighted by atomic mass is 10.2. The third kappa shape index (κ3) is 1.31. The van der Waals surface area contributed by atoms with Crippen molar-refractivity contribution in [2.45, 2.75) is 20.4 Å². The predicted octanol–water partition coefficient (Wildman–Crippen LogP) is 1.72. The van der Waals surface area contributed by atoms with E-state index in [1.54, 1.807) is 4.57 Å². The Morgan fingerprint density at radius 3 is 2.93 bits per heavy atom. The van der Waals surface area contributed by atoms with Crippen LogP contribution >= 0.6 is 0 Å². The highest BCUT2D eigenvalue weighted by Crippen LogP contribution is 2.10. The van der Waals surface area contributed by atoms with Gasteiger partial charge >= 0.3 is 0 Å². The molecule has 1 aromatic heterocycles. The van der Waals surface area contributed by atoms with E-state index >= 15 is 0 Å². The Morgan fingerprint density at radius 1 is 1.43 bits per heavy atom. The Hall–Kier alpha value is -1.64. The smallest absolute Gasteiger partial charge is 0.269 e. The first-order valence-electron chi connectivity index (χ1n) is 4.68. The molecule has 3 nitrogen and oxygen atoms in total. The molecule has 0 amide bonds. The van der Waals surface area contributed by atoms with E-state index < -0.39 is 0 Å². The van der Waals surface area contributed by atoms with Crippen LogP contribution in [0.5, 0.6) is 0 Å². The van der Waals surface area contributed by atoms with Gasteiger partial charge in [0.2, 0.25) is 0 Å². The van der Waals surface area contributed by atoms with E-state index in [-0.39, 0.29) is 5.56 Å². The SMILES string of the molecule is CCn1c(=O)cnc2cc(C)ccc21. The van der Waals surface area contributed by atoms with Gasteiger partial charge in [-0.05, 0) is 31.5 Å². The van der Waals surface area contributed by atoms with Crippen molar-refractivity contribution in [1.29, 1.82) is 0 Å². The molecule has 1 aromatic carbocycles. The molecule has 0 atom stereocenters. The maximum absolute atomic E-state index is 11.4. The molecule has 1 heterocycles. The molecule has 2 aromatic rings. The van der Waals surface area contributed by atoms with Gasteiger partial charge in [0.25, 0.3) is 5.56 Å². The van der Waals surface area contributed by atoms with E-state index in [1.807, 2.05) is 32.0 Å². The minimum Gasteiger partial charge on any atom is -0.306 e. The molecular weight excluding hydrogens is 176 g/mol. The molecule has 2 rings (SSSR count). The second kappa shape index (κ2) is 3.25. The van der Waals surface area contributed by atoms with Crippen molar-refractivity contribution in [2.24, 2.45) is 0 Å². The number of hydrogen-bond acceptors (Lipinski definition) is 2. The number of hydrogen-bond donors (Lipinski definition) is 0. The number of rotatable bonds is 1. The van der Waals surface area contributed by atoms with Crippen LogP contribution in [0.15, 0.2) is 29.2 Å². The summed E-state index contributed by atoms with van der Waals surface area (Å²) in [6.45, 7) is 4.66. The molecule has 3 heteroatoms. The molecular formula is C11H12N2O. The van der Waals surface area contributed by atoms with E-state index in [0.29, 0.717) is 6.54 Å². The summed E-state index contributed by atoms with van der Waals surface area (Å²) in [7, 11) is 0. The summed E-state index contributed by atoms with van der Waals surface area (Å²) in [4.78, 5) is 15.6. The van der Waals surface area contributed by atoms with Gasteiger partial charge in [0, 0.05) is 6.54 Å². The van der Waals surface area contributed by atoms with Crippen LogP contribution < -0.4 is 5.56 Å². The standard InChI is InChI=1S/C11H12N2O/c1-3-13-10-5-4-8(2)6-9(10)12-7-11(13)14/h4-7H,3H2,1-2H3. The monoisotopic (exact) mass is 188 g/mol.